The molecule has 0 bridgehead atoms. The highest BCUT2D eigenvalue weighted by molar-refractivity contribution is 6.08. The Balaban J connectivity index is 1.78. The molecule has 0 radical (unpaired) electrons. The number of benzene rings is 1. The summed E-state index contributed by atoms with van der Waals surface area (Å²) in [5.74, 6) is -0.0338. The number of aryl methyl sites for hydroxylation is 2. The molecule has 0 aliphatic rings. The summed E-state index contributed by atoms with van der Waals surface area (Å²) in [6, 6.07) is 7.73. The molecule has 0 atom stereocenters. The van der Waals surface area contributed by atoms with Crippen molar-refractivity contribution < 1.29 is 4.79 Å². The number of hydrogen-bond donors (Lipinski definition) is 0. The molecule has 23 heavy (non-hydrogen) atoms. The van der Waals surface area contributed by atoms with Crippen LogP contribution < -0.4 is 0 Å². The van der Waals surface area contributed by atoms with Gasteiger partial charge in [-0.15, -0.1) is 0 Å². The van der Waals surface area contributed by atoms with Crippen molar-refractivity contribution in [2.45, 2.75) is 13.8 Å². The van der Waals surface area contributed by atoms with Gasteiger partial charge in [-0.3, -0.25) is 9.48 Å². The fourth-order valence-corrected chi connectivity index (χ4v) is 2.47. The van der Waals surface area contributed by atoms with Gasteiger partial charge in [0.15, 0.2) is 5.78 Å². The van der Waals surface area contributed by atoms with Crippen LogP contribution in [0.25, 0.3) is 11.8 Å². The van der Waals surface area contributed by atoms with E-state index >= 15 is 0 Å². The maximum Gasteiger partial charge on any atom is 0.189 e. The minimum atomic E-state index is -0.0338. The van der Waals surface area contributed by atoms with Gasteiger partial charge in [-0.2, -0.15) is 10.2 Å². The summed E-state index contributed by atoms with van der Waals surface area (Å²) >= 11 is 0. The van der Waals surface area contributed by atoms with Gasteiger partial charge in [0.2, 0.25) is 0 Å². The topological polar surface area (TPSA) is 65.6 Å². The fraction of sp³-hybridized carbons (Fsp3) is 0.176. The maximum atomic E-state index is 12.4. The minimum absolute atomic E-state index is 0.0338. The van der Waals surface area contributed by atoms with Crippen molar-refractivity contribution >= 4 is 11.9 Å². The second-order valence-corrected chi connectivity index (χ2v) is 5.30. The number of nitrogens with zero attached hydrogens (tertiary/aromatic N) is 5. The second-order valence-electron chi connectivity index (χ2n) is 5.30. The van der Waals surface area contributed by atoms with E-state index in [2.05, 4.69) is 15.2 Å². The van der Waals surface area contributed by atoms with Gasteiger partial charge in [0, 0.05) is 12.7 Å². The first-order valence-electron chi connectivity index (χ1n) is 7.24. The minimum Gasteiger partial charge on any atom is -0.289 e. The molecule has 0 aliphatic heterocycles. The first kappa shape index (κ1) is 14.9. The van der Waals surface area contributed by atoms with Crippen LogP contribution in [0.3, 0.4) is 0 Å². The van der Waals surface area contributed by atoms with E-state index < -0.39 is 0 Å². The summed E-state index contributed by atoms with van der Waals surface area (Å²) in [5, 5.41) is 8.35. The van der Waals surface area contributed by atoms with Crippen LogP contribution in [-0.2, 0) is 7.05 Å². The molecule has 6 nitrogen and oxygen atoms in total. The van der Waals surface area contributed by atoms with E-state index in [1.165, 1.54) is 6.33 Å². The van der Waals surface area contributed by atoms with E-state index in [-0.39, 0.29) is 5.78 Å². The molecule has 0 saturated carbocycles. The molecule has 0 spiro atoms. The smallest absolute Gasteiger partial charge is 0.189 e. The second kappa shape index (κ2) is 6.00. The Bertz CT molecular complexity index is 857. The lowest BCUT2D eigenvalue weighted by molar-refractivity contribution is 0.104. The number of aromatic nitrogens is 5. The molecule has 2 heterocycles. The first-order chi connectivity index (χ1) is 11.1. The molecule has 0 fully saturated rings. The van der Waals surface area contributed by atoms with Crippen molar-refractivity contribution in [2.24, 2.45) is 7.05 Å². The van der Waals surface area contributed by atoms with Gasteiger partial charge < -0.3 is 0 Å². The normalized spacial score (nSPS) is 11.3. The van der Waals surface area contributed by atoms with Gasteiger partial charge in [-0.1, -0.05) is 18.2 Å². The van der Waals surface area contributed by atoms with Gasteiger partial charge in [-0.05, 0) is 37.6 Å². The van der Waals surface area contributed by atoms with E-state index in [9.17, 15) is 4.79 Å². The standard InChI is InChI=1S/C17H17N5O/c1-12-17(13(2)21(3)20-12)16(23)9-6-14-4-7-15(8-5-14)22-11-18-10-19-22/h4-11H,1-3H3/b9-6-. The van der Waals surface area contributed by atoms with E-state index in [0.29, 0.717) is 5.56 Å². The predicted molar refractivity (Wildman–Crippen MR) is 87.4 cm³/mol. The molecular weight excluding hydrogens is 290 g/mol. The summed E-state index contributed by atoms with van der Waals surface area (Å²) in [6.45, 7) is 3.75. The van der Waals surface area contributed by atoms with Crippen LogP contribution in [0, 0.1) is 13.8 Å². The average molecular weight is 307 g/mol. The number of carbonyl (C=O) groups excluding carboxylic acids is 1. The van der Waals surface area contributed by atoms with Crippen molar-refractivity contribution in [1.82, 2.24) is 24.5 Å². The van der Waals surface area contributed by atoms with E-state index in [4.69, 9.17) is 0 Å². The summed E-state index contributed by atoms with van der Waals surface area (Å²) in [5.41, 5.74) is 4.16. The molecule has 0 amide bonds. The van der Waals surface area contributed by atoms with Crippen LogP contribution in [-0.4, -0.2) is 30.3 Å². The number of ketones is 1. The number of hydrogen-bond acceptors (Lipinski definition) is 4. The highest BCUT2D eigenvalue weighted by atomic mass is 16.1. The lowest BCUT2D eigenvalue weighted by Gasteiger charge is -2.00. The monoisotopic (exact) mass is 307 g/mol. The van der Waals surface area contributed by atoms with Crippen LogP contribution >= 0.6 is 0 Å². The Morgan fingerprint density at radius 1 is 1.17 bits per heavy atom. The SMILES string of the molecule is Cc1nn(C)c(C)c1C(=O)/C=C\c1ccc(-n2cncn2)cc1. The first-order valence-corrected chi connectivity index (χ1v) is 7.24. The largest absolute Gasteiger partial charge is 0.289 e. The van der Waals surface area contributed by atoms with E-state index in [1.807, 2.05) is 45.2 Å². The van der Waals surface area contributed by atoms with Crippen molar-refractivity contribution in [2.75, 3.05) is 0 Å². The van der Waals surface area contributed by atoms with Crippen LogP contribution in [0.5, 0.6) is 0 Å². The molecule has 0 aliphatic carbocycles. The van der Waals surface area contributed by atoms with Crippen LogP contribution in [0.15, 0.2) is 43.0 Å². The zero-order valence-corrected chi connectivity index (χ0v) is 13.3. The van der Waals surface area contributed by atoms with Crippen LogP contribution in [0.2, 0.25) is 0 Å². The fourth-order valence-electron chi connectivity index (χ4n) is 2.47. The van der Waals surface area contributed by atoms with Gasteiger partial charge in [0.25, 0.3) is 0 Å². The average Bonchev–Trinajstić information content (AvgIpc) is 3.15. The van der Waals surface area contributed by atoms with E-state index in [1.54, 1.807) is 27.8 Å². The highest BCUT2D eigenvalue weighted by Crippen LogP contribution is 2.15. The lowest BCUT2D eigenvalue weighted by Crippen LogP contribution is -1.99. The van der Waals surface area contributed by atoms with Gasteiger partial charge in [0.1, 0.15) is 12.7 Å². The number of rotatable bonds is 4. The van der Waals surface area contributed by atoms with Crippen molar-refractivity contribution in [3.63, 3.8) is 0 Å². The summed E-state index contributed by atoms with van der Waals surface area (Å²) in [4.78, 5) is 16.3. The summed E-state index contributed by atoms with van der Waals surface area (Å²) in [6.07, 6.45) is 6.52. The zero-order chi connectivity index (χ0) is 16.4. The Morgan fingerprint density at radius 3 is 2.48 bits per heavy atom. The number of allylic oxidation sites excluding steroid dienone is 1. The molecular formula is C17H17N5O. The molecule has 6 heteroatoms. The van der Waals surface area contributed by atoms with Crippen molar-refractivity contribution in [1.29, 1.82) is 0 Å². The highest BCUT2D eigenvalue weighted by Gasteiger charge is 2.14. The van der Waals surface area contributed by atoms with Gasteiger partial charge in [0.05, 0.1) is 16.9 Å². The molecule has 0 N–H and O–H groups in total. The Labute approximate surface area is 134 Å². The van der Waals surface area contributed by atoms with Crippen molar-refractivity contribution in [3.05, 3.63) is 65.5 Å². The molecule has 1 aromatic carbocycles. The summed E-state index contributed by atoms with van der Waals surface area (Å²) in [7, 11) is 1.84. The predicted octanol–water partition coefficient (Wildman–Crippen LogP) is 2.51. The Kier molecular flexibility index (Phi) is 3.89. The Hall–Kier alpha value is -3.02. The third kappa shape index (κ3) is 2.96. The van der Waals surface area contributed by atoms with Gasteiger partial charge >= 0.3 is 0 Å². The third-order valence-electron chi connectivity index (χ3n) is 3.76. The summed E-state index contributed by atoms with van der Waals surface area (Å²) < 4.78 is 3.41. The Morgan fingerprint density at radius 2 is 1.91 bits per heavy atom. The lowest BCUT2D eigenvalue weighted by atomic mass is 10.1. The maximum absolute atomic E-state index is 12.4. The van der Waals surface area contributed by atoms with E-state index in [0.717, 1.165) is 22.6 Å². The van der Waals surface area contributed by atoms with Gasteiger partial charge in [-0.25, -0.2) is 9.67 Å². The molecule has 0 unspecified atom stereocenters. The number of carbonyl (C=O) groups is 1. The third-order valence-corrected chi connectivity index (χ3v) is 3.76. The molecule has 2 aromatic heterocycles. The zero-order valence-electron chi connectivity index (χ0n) is 13.3. The molecule has 3 rings (SSSR count). The van der Waals surface area contributed by atoms with Crippen LogP contribution in [0.1, 0.15) is 27.3 Å². The molecule has 0 saturated heterocycles. The molecule has 3 aromatic rings. The molecule has 116 valence electrons. The quantitative estimate of drug-likeness (QED) is 0.549. The van der Waals surface area contributed by atoms with Crippen molar-refractivity contribution in [3.8, 4) is 5.69 Å². The van der Waals surface area contributed by atoms with Crippen LogP contribution in [0.4, 0.5) is 0 Å².